The van der Waals surface area contributed by atoms with Gasteiger partial charge in [-0.3, -0.25) is 9.59 Å². The van der Waals surface area contributed by atoms with Gasteiger partial charge in [0.25, 0.3) is 0 Å². The molecule has 1 amide bonds. The lowest BCUT2D eigenvalue weighted by Crippen LogP contribution is -2.38. The van der Waals surface area contributed by atoms with E-state index in [1.54, 1.807) is 23.1 Å². The zero-order valence-electron chi connectivity index (χ0n) is 21.2. The van der Waals surface area contributed by atoms with Crippen molar-refractivity contribution in [2.24, 2.45) is 5.92 Å². The van der Waals surface area contributed by atoms with E-state index in [-0.39, 0.29) is 43.5 Å². The Balaban J connectivity index is 1.46. The van der Waals surface area contributed by atoms with Crippen molar-refractivity contribution in [3.8, 4) is 0 Å². The number of aromatic nitrogens is 2. The van der Waals surface area contributed by atoms with Crippen LogP contribution in [0.25, 0.3) is 0 Å². The predicted octanol–water partition coefficient (Wildman–Crippen LogP) is 4.40. The highest BCUT2D eigenvalue weighted by Gasteiger charge is 2.38. The number of nitrogens with one attached hydrogen (secondary N) is 1. The van der Waals surface area contributed by atoms with Crippen molar-refractivity contribution in [3.63, 3.8) is 0 Å². The first-order valence-corrected chi connectivity index (χ1v) is 14.1. The van der Waals surface area contributed by atoms with Crippen molar-refractivity contribution in [2.75, 3.05) is 5.75 Å². The van der Waals surface area contributed by atoms with Crippen molar-refractivity contribution in [1.82, 2.24) is 15.5 Å². The largest absolute Gasteiger partial charge is 0.481 e. The van der Waals surface area contributed by atoms with Crippen LogP contribution in [0, 0.1) is 12.8 Å². The average molecular weight is 558 g/mol. The number of carbonyl (C=O) groups is 2. The minimum Gasteiger partial charge on any atom is -0.481 e. The highest BCUT2D eigenvalue weighted by molar-refractivity contribution is 8.01. The van der Waals surface area contributed by atoms with Gasteiger partial charge in [-0.15, -0.1) is 10.2 Å². The lowest BCUT2D eigenvalue weighted by atomic mass is 9.91. The van der Waals surface area contributed by atoms with Crippen LogP contribution in [0.15, 0.2) is 52.9 Å². The summed E-state index contributed by atoms with van der Waals surface area (Å²) in [4.78, 5) is 22.5. The van der Waals surface area contributed by atoms with Crippen LogP contribution in [0.2, 0.25) is 0 Å². The Morgan fingerprint density at radius 1 is 1.00 bits per heavy atom. The van der Waals surface area contributed by atoms with Crippen LogP contribution in [0.3, 0.4) is 0 Å². The van der Waals surface area contributed by atoms with Gasteiger partial charge in [0.05, 0.1) is 25.2 Å². The number of aliphatic hydroxyl groups excluding tert-OH is 1. The van der Waals surface area contributed by atoms with E-state index in [0.29, 0.717) is 12.3 Å². The predicted molar refractivity (Wildman–Crippen MR) is 143 cm³/mol. The number of carboxylic acids is 1. The maximum Gasteiger partial charge on any atom is 0.303 e. The monoisotopic (exact) mass is 557 g/mol. The molecule has 1 aliphatic rings. The summed E-state index contributed by atoms with van der Waals surface area (Å²) in [6, 6.07) is 15.4. The maximum atomic E-state index is 11.8. The minimum atomic E-state index is -0.996. The fraction of sp³-hybridized carbons (Fsp3) is 0.407. The van der Waals surface area contributed by atoms with E-state index in [1.165, 1.54) is 0 Å². The summed E-state index contributed by atoms with van der Waals surface area (Å²) < 4.78 is 13.8. The molecule has 11 heteroatoms. The highest BCUT2D eigenvalue weighted by Crippen LogP contribution is 2.43. The van der Waals surface area contributed by atoms with Crippen LogP contribution in [0.5, 0.6) is 0 Å². The summed E-state index contributed by atoms with van der Waals surface area (Å²) in [5.74, 6) is -0.538. The Kier molecular flexibility index (Phi) is 9.86. The molecule has 3 N–H and O–H groups in total. The van der Waals surface area contributed by atoms with Crippen LogP contribution in [-0.2, 0) is 32.2 Å². The van der Waals surface area contributed by atoms with Gasteiger partial charge < -0.3 is 25.0 Å². The quantitative estimate of drug-likeness (QED) is 0.294. The van der Waals surface area contributed by atoms with E-state index in [2.05, 4.69) is 22.4 Å². The Bertz CT molecular complexity index is 1220. The van der Waals surface area contributed by atoms with Crippen molar-refractivity contribution < 1.29 is 29.3 Å². The molecule has 0 unspecified atom stereocenters. The molecular formula is C27H31N3O6S2. The summed E-state index contributed by atoms with van der Waals surface area (Å²) in [6.07, 6.45) is -1.15. The second-order valence-corrected chi connectivity index (χ2v) is 11.6. The molecule has 1 saturated heterocycles. The first-order valence-electron chi connectivity index (χ1n) is 12.3. The topological polar surface area (TPSA) is 131 Å². The zero-order chi connectivity index (χ0) is 27.1. The van der Waals surface area contributed by atoms with Gasteiger partial charge in [0.1, 0.15) is 5.01 Å². The second-order valence-electron chi connectivity index (χ2n) is 9.13. The fourth-order valence-corrected chi connectivity index (χ4v) is 6.11. The first kappa shape index (κ1) is 28.2. The SMILES string of the molecule is Cc1nnc(SC[C@H]2O[C@@H](c3ccc(CNC(=O)CCC(=O)O)cc3)O[C@@H](c3ccc(CO)cc3)[C@H]2C)s1. The number of carbonyl (C=O) groups excluding carboxylic acids is 1. The number of carboxylic acid groups (broad SMARTS) is 1. The van der Waals surface area contributed by atoms with Crippen LogP contribution >= 0.6 is 23.1 Å². The number of aliphatic hydroxyl groups is 1. The van der Waals surface area contributed by atoms with E-state index < -0.39 is 12.3 Å². The van der Waals surface area contributed by atoms with Crippen molar-refractivity contribution in [2.45, 2.75) is 62.7 Å². The van der Waals surface area contributed by atoms with Gasteiger partial charge in [-0.2, -0.15) is 0 Å². The van der Waals surface area contributed by atoms with Crippen LogP contribution in [-0.4, -0.2) is 44.1 Å². The molecule has 1 aliphatic heterocycles. The van der Waals surface area contributed by atoms with Crippen LogP contribution in [0.1, 0.15) is 59.4 Å². The number of hydrogen-bond acceptors (Lipinski definition) is 9. The van der Waals surface area contributed by atoms with E-state index in [4.69, 9.17) is 14.6 Å². The Labute approximate surface area is 229 Å². The standard InChI is InChI=1S/C27H31N3O6S2/c1-16-22(15-37-27-30-29-17(2)38-27)35-26(36-25(16)20-7-5-19(14-31)6-8-20)21-9-3-18(4-10-21)13-28-23(32)11-12-24(33)34/h3-10,16,22,25-26,31H,11-15H2,1-2H3,(H,28,32)(H,33,34)/t16-,22+,25+,26+/m0/s1. The summed E-state index contributed by atoms with van der Waals surface area (Å²) in [5, 5.41) is 30.1. The number of hydrogen-bond donors (Lipinski definition) is 3. The number of aryl methyl sites for hydroxylation is 1. The van der Waals surface area contributed by atoms with E-state index in [9.17, 15) is 14.7 Å². The maximum absolute atomic E-state index is 11.8. The molecule has 0 aliphatic carbocycles. The van der Waals surface area contributed by atoms with Gasteiger partial charge in [0.2, 0.25) is 5.91 Å². The fourth-order valence-electron chi connectivity index (χ4n) is 4.10. The van der Waals surface area contributed by atoms with Gasteiger partial charge in [0, 0.05) is 30.2 Å². The summed E-state index contributed by atoms with van der Waals surface area (Å²) in [5.41, 5.74) is 3.60. The molecule has 0 radical (unpaired) electrons. The number of aliphatic carboxylic acids is 1. The van der Waals surface area contributed by atoms with Gasteiger partial charge in [-0.25, -0.2) is 0 Å². The molecule has 202 valence electrons. The first-order chi connectivity index (χ1) is 18.3. The molecule has 9 nitrogen and oxygen atoms in total. The van der Waals surface area contributed by atoms with Gasteiger partial charge >= 0.3 is 5.97 Å². The third-order valence-electron chi connectivity index (χ3n) is 6.31. The van der Waals surface area contributed by atoms with E-state index in [1.807, 2.05) is 55.5 Å². The summed E-state index contributed by atoms with van der Waals surface area (Å²) in [6.45, 7) is 4.35. The van der Waals surface area contributed by atoms with Crippen molar-refractivity contribution >= 4 is 35.0 Å². The van der Waals surface area contributed by atoms with E-state index in [0.717, 1.165) is 31.6 Å². The molecule has 0 saturated carbocycles. The third-order valence-corrected chi connectivity index (χ3v) is 8.37. The number of ether oxygens (including phenoxy) is 2. The van der Waals surface area contributed by atoms with E-state index >= 15 is 0 Å². The number of benzene rings is 2. The molecule has 0 spiro atoms. The summed E-state index contributed by atoms with van der Waals surface area (Å²) in [7, 11) is 0. The lowest BCUT2D eigenvalue weighted by molar-refractivity contribution is -0.268. The molecule has 1 aromatic heterocycles. The van der Waals surface area contributed by atoms with Gasteiger partial charge in [0.15, 0.2) is 10.6 Å². The molecular weight excluding hydrogens is 526 g/mol. The van der Waals surface area contributed by atoms with Gasteiger partial charge in [-0.1, -0.05) is 78.6 Å². The molecule has 2 aromatic carbocycles. The number of amides is 1. The Morgan fingerprint density at radius 2 is 1.68 bits per heavy atom. The molecule has 38 heavy (non-hydrogen) atoms. The third kappa shape index (κ3) is 7.61. The number of thioether (sulfide) groups is 1. The lowest BCUT2D eigenvalue weighted by Gasteiger charge is -2.41. The zero-order valence-corrected chi connectivity index (χ0v) is 22.8. The van der Waals surface area contributed by atoms with Crippen LogP contribution in [0.4, 0.5) is 0 Å². The Hall–Kier alpha value is -2.83. The molecule has 1 fully saturated rings. The second kappa shape index (κ2) is 13.3. The highest BCUT2D eigenvalue weighted by atomic mass is 32.2. The molecule has 3 aromatic rings. The molecule has 2 heterocycles. The van der Waals surface area contributed by atoms with Gasteiger partial charge in [-0.05, 0) is 23.6 Å². The molecule has 0 bridgehead atoms. The number of nitrogens with zero attached hydrogens (tertiary/aromatic N) is 2. The minimum absolute atomic E-state index is 0.0139. The average Bonchev–Trinajstić information content (AvgIpc) is 3.35. The molecule has 4 rings (SSSR count). The van der Waals surface area contributed by atoms with Crippen molar-refractivity contribution in [3.05, 3.63) is 75.8 Å². The van der Waals surface area contributed by atoms with Crippen molar-refractivity contribution in [1.29, 1.82) is 0 Å². The Morgan fingerprint density at radius 3 is 2.32 bits per heavy atom. The summed E-state index contributed by atoms with van der Waals surface area (Å²) >= 11 is 3.18. The smallest absolute Gasteiger partial charge is 0.303 e. The number of rotatable bonds is 11. The normalized spacial score (nSPS) is 21.2. The van der Waals surface area contributed by atoms with Crippen LogP contribution < -0.4 is 5.32 Å². The molecule has 4 atom stereocenters.